The first kappa shape index (κ1) is 15.8. The van der Waals surface area contributed by atoms with Crippen LogP contribution in [0.25, 0.3) is 10.9 Å². The molecule has 0 saturated carbocycles. The summed E-state index contributed by atoms with van der Waals surface area (Å²) in [6.45, 7) is 5.13. The molecule has 2 aromatic heterocycles. The number of phenolic OH excluding ortho intramolecular Hbond substituents is 1. The largest absolute Gasteiger partial charge is 0.506 e. The average molecular weight is 334 g/mol. The smallest absolute Gasteiger partial charge is 0.141 e. The van der Waals surface area contributed by atoms with Gasteiger partial charge in [-0.05, 0) is 36.2 Å². The molecule has 1 aliphatic rings. The fourth-order valence-electron chi connectivity index (χ4n) is 3.45. The number of hydrogen-bond donors (Lipinski definition) is 1. The summed E-state index contributed by atoms with van der Waals surface area (Å²) in [7, 11) is 0. The van der Waals surface area contributed by atoms with Gasteiger partial charge in [0.1, 0.15) is 17.1 Å². The minimum Gasteiger partial charge on any atom is -0.506 e. The number of pyridine rings is 2. The monoisotopic (exact) mass is 334 g/mol. The molecule has 0 unspecified atom stereocenters. The van der Waals surface area contributed by atoms with Gasteiger partial charge in [-0.2, -0.15) is 0 Å². The molecule has 5 nitrogen and oxygen atoms in total. The maximum absolute atomic E-state index is 9.97. The van der Waals surface area contributed by atoms with E-state index < -0.39 is 0 Å². The summed E-state index contributed by atoms with van der Waals surface area (Å²) < 4.78 is 0. The van der Waals surface area contributed by atoms with Crippen LogP contribution >= 0.6 is 0 Å². The highest BCUT2D eigenvalue weighted by Gasteiger charge is 2.18. The SMILES string of the molecule is Oc1ccc(CCN2CCN(c3ccccn3)CC2)c2cccnc12. The molecule has 0 aliphatic carbocycles. The summed E-state index contributed by atoms with van der Waals surface area (Å²) in [5.74, 6) is 1.32. The topological polar surface area (TPSA) is 52.5 Å². The van der Waals surface area contributed by atoms with Gasteiger partial charge >= 0.3 is 0 Å². The number of benzene rings is 1. The molecule has 0 atom stereocenters. The van der Waals surface area contributed by atoms with E-state index in [9.17, 15) is 5.11 Å². The number of hydrogen-bond acceptors (Lipinski definition) is 5. The van der Waals surface area contributed by atoms with Gasteiger partial charge in [-0.15, -0.1) is 0 Å². The van der Waals surface area contributed by atoms with Crippen molar-refractivity contribution < 1.29 is 5.11 Å². The molecule has 3 aromatic rings. The zero-order valence-corrected chi connectivity index (χ0v) is 14.2. The summed E-state index contributed by atoms with van der Waals surface area (Å²) in [6, 6.07) is 13.8. The van der Waals surface area contributed by atoms with Gasteiger partial charge in [-0.1, -0.05) is 18.2 Å². The minimum absolute atomic E-state index is 0.253. The number of phenols is 1. The molecule has 25 heavy (non-hydrogen) atoms. The number of fused-ring (bicyclic) bond motifs is 1. The van der Waals surface area contributed by atoms with Crippen LogP contribution in [0, 0.1) is 0 Å². The Labute approximate surface area is 147 Å². The normalized spacial score (nSPS) is 15.6. The molecule has 1 aliphatic heterocycles. The second kappa shape index (κ2) is 7.07. The van der Waals surface area contributed by atoms with Gasteiger partial charge in [-0.25, -0.2) is 4.98 Å². The summed E-state index contributed by atoms with van der Waals surface area (Å²) in [4.78, 5) is 13.6. The van der Waals surface area contributed by atoms with E-state index in [1.807, 2.05) is 36.5 Å². The third kappa shape index (κ3) is 3.42. The van der Waals surface area contributed by atoms with Crippen LogP contribution in [-0.4, -0.2) is 52.7 Å². The fraction of sp³-hybridized carbons (Fsp3) is 0.300. The van der Waals surface area contributed by atoms with Crippen molar-refractivity contribution in [1.82, 2.24) is 14.9 Å². The maximum Gasteiger partial charge on any atom is 0.141 e. The lowest BCUT2D eigenvalue weighted by Gasteiger charge is -2.35. The summed E-state index contributed by atoms with van der Waals surface area (Å²) in [5, 5.41) is 11.0. The summed E-state index contributed by atoms with van der Waals surface area (Å²) in [5.41, 5.74) is 1.94. The maximum atomic E-state index is 9.97. The molecular weight excluding hydrogens is 312 g/mol. The van der Waals surface area contributed by atoms with Gasteiger partial charge in [0.05, 0.1) is 0 Å². The van der Waals surface area contributed by atoms with Crippen molar-refractivity contribution in [3.8, 4) is 5.75 Å². The van der Waals surface area contributed by atoms with E-state index >= 15 is 0 Å². The van der Waals surface area contributed by atoms with Crippen LogP contribution in [0.15, 0.2) is 54.9 Å². The molecule has 4 rings (SSSR count). The van der Waals surface area contributed by atoms with Gasteiger partial charge < -0.3 is 10.0 Å². The van der Waals surface area contributed by atoms with Crippen molar-refractivity contribution in [2.24, 2.45) is 0 Å². The van der Waals surface area contributed by atoms with E-state index in [2.05, 4.69) is 25.8 Å². The van der Waals surface area contributed by atoms with Crippen LogP contribution in [0.3, 0.4) is 0 Å². The lowest BCUT2D eigenvalue weighted by Crippen LogP contribution is -2.47. The predicted octanol–water partition coefficient (Wildman–Crippen LogP) is 2.70. The van der Waals surface area contributed by atoms with Crippen molar-refractivity contribution in [1.29, 1.82) is 0 Å². The third-order valence-electron chi connectivity index (χ3n) is 4.88. The molecule has 0 bridgehead atoms. The Bertz CT molecular complexity index is 845. The zero-order chi connectivity index (χ0) is 17.1. The van der Waals surface area contributed by atoms with E-state index in [0.29, 0.717) is 5.52 Å². The molecule has 128 valence electrons. The molecule has 1 fully saturated rings. The zero-order valence-electron chi connectivity index (χ0n) is 14.2. The second-order valence-corrected chi connectivity index (χ2v) is 6.41. The van der Waals surface area contributed by atoms with E-state index in [4.69, 9.17) is 0 Å². The summed E-state index contributed by atoms with van der Waals surface area (Å²) >= 11 is 0. The van der Waals surface area contributed by atoms with Crippen molar-refractivity contribution in [3.63, 3.8) is 0 Å². The fourth-order valence-corrected chi connectivity index (χ4v) is 3.45. The Balaban J connectivity index is 1.38. The highest BCUT2D eigenvalue weighted by atomic mass is 16.3. The number of anilines is 1. The number of aromatic nitrogens is 2. The molecule has 1 N–H and O–H groups in total. The van der Waals surface area contributed by atoms with Crippen molar-refractivity contribution >= 4 is 16.7 Å². The predicted molar refractivity (Wildman–Crippen MR) is 100 cm³/mol. The molecule has 5 heteroatoms. The number of aromatic hydroxyl groups is 1. The van der Waals surface area contributed by atoms with Crippen LogP contribution in [0.2, 0.25) is 0 Å². The quantitative estimate of drug-likeness (QED) is 0.795. The van der Waals surface area contributed by atoms with Crippen LogP contribution in [0.4, 0.5) is 5.82 Å². The first-order valence-corrected chi connectivity index (χ1v) is 8.75. The molecule has 3 heterocycles. The van der Waals surface area contributed by atoms with Gasteiger partial charge in [0, 0.05) is 50.5 Å². The Morgan fingerprint density at radius 1 is 0.880 bits per heavy atom. The van der Waals surface area contributed by atoms with Crippen LogP contribution in [0.5, 0.6) is 5.75 Å². The molecule has 0 spiro atoms. The van der Waals surface area contributed by atoms with Crippen molar-refractivity contribution in [3.05, 3.63) is 60.4 Å². The Kier molecular flexibility index (Phi) is 4.48. The van der Waals surface area contributed by atoms with Crippen LogP contribution in [0.1, 0.15) is 5.56 Å². The first-order valence-electron chi connectivity index (χ1n) is 8.75. The highest BCUT2D eigenvalue weighted by molar-refractivity contribution is 5.87. The van der Waals surface area contributed by atoms with Gasteiger partial charge in [0.15, 0.2) is 0 Å². The Morgan fingerprint density at radius 3 is 2.52 bits per heavy atom. The molecule has 1 aromatic carbocycles. The van der Waals surface area contributed by atoms with E-state index in [1.165, 1.54) is 5.56 Å². The number of nitrogens with zero attached hydrogens (tertiary/aromatic N) is 4. The first-order chi connectivity index (χ1) is 12.3. The van der Waals surface area contributed by atoms with Crippen LogP contribution < -0.4 is 4.90 Å². The lowest BCUT2D eigenvalue weighted by molar-refractivity contribution is 0.260. The molecule has 0 radical (unpaired) electrons. The second-order valence-electron chi connectivity index (χ2n) is 6.41. The van der Waals surface area contributed by atoms with Crippen molar-refractivity contribution in [2.75, 3.05) is 37.6 Å². The Hall–Kier alpha value is -2.66. The molecule has 0 amide bonds. The number of piperazine rings is 1. The van der Waals surface area contributed by atoms with Crippen LogP contribution in [-0.2, 0) is 6.42 Å². The molecular formula is C20H22N4O. The van der Waals surface area contributed by atoms with Gasteiger partial charge in [0.2, 0.25) is 0 Å². The third-order valence-corrected chi connectivity index (χ3v) is 4.88. The molecule has 1 saturated heterocycles. The standard InChI is InChI=1S/C20H22N4O/c25-18-7-6-16(17-4-3-10-22-20(17)18)8-11-23-12-14-24(15-13-23)19-5-1-2-9-21-19/h1-7,9-10,25H,8,11-15H2. The number of rotatable bonds is 4. The Morgan fingerprint density at radius 2 is 1.72 bits per heavy atom. The lowest BCUT2D eigenvalue weighted by atomic mass is 10.0. The minimum atomic E-state index is 0.253. The average Bonchev–Trinajstić information content (AvgIpc) is 2.69. The van der Waals surface area contributed by atoms with Gasteiger partial charge in [-0.3, -0.25) is 9.88 Å². The van der Waals surface area contributed by atoms with E-state index in [0.717, 1.165) is 50.3 Å². The van der Waals surface area contributed by atoms with Crippen molar-refractivity contribution in [2.45, 2.75) is 6.42 Å². The highest BCUT2D eigenvalue weighted by Crippen LogP contribution is 2.26. The van der Waals surface area contributed by atoms with E-state index in [1.54, 1.807) is 12.3 Å². The summed E-state index contributed by atoms with van der Waals surface area (Å²) in [6.07, 6.45) is 4.54. The van der Waals surface area contributed by atoms with Gasteiger partial charge in [0.25, 0.3) is 0 Å². The van der Waals surface area contributed by atoms with E-state index in [-0.39, 0.29) is 5.75 Å².